The molecule has 3 fully saturated rings. The Morgan fingerprint density at radius 2 is 1.19 bits per heavy atom. The number of benzene rings is 1. The van der Waals surface area contributed by atoms with E-state index in [1.807, 2.05) is 11.9 Å². The molecule has 5 rings (SSSR count). The highest BCUT2D eigenvalue weighted by Gasteiger charge is 2.65. The molecule has 5 heteroatoms. The Balaban J connectivity index is 1.79. The van der Waals surface area contributed by atoms with Gasteiger partial charge in [-0.3, -0.25) is 4.90 Å². The van der Waals surface area contributed by atoms with Gasteiger partial charge in [-0.25, -0.2) is 17.6 Å². The summed E-state index contributed by atoms with van der Waals surface area (Å²) < 4.78 is 55.8. The second-order valence-electron chi connectivity index (χ2n) is 7.13. The van der Waals surface area contributed by atoms with E-state index in [4.69, 9.17) is 0 Å². The average molecular weight is 297 g/mol. The van der Waals surface area contributed by atoms with E-state index < -0.39 is 23.3 Å². The van der Waals surface area contributed by atoms with Crippen LogP contribution in [-0.2, 0) is 0 Å². The molecule has 0 radical (unpaired) electrons. The quantitative estimate of drug-likeness (QED) is 0.398. The van der Waals surface area contributed by atoms with E-state index in [0.29, 0.717) is 11.8 Å². The zero-order valence-corrected chi connectivity index (χ0v) is 11.5. The fourth-order valence-corrected chi connectivity index (χ4v) is 6.07. The number of fused-ring (bicyclic) bond motifs is 12. The van der Waals surface area contributed by atoms with Gasteiger partial charge in [0.2, 0.25) is 0 Å². The molecule has 4 aliphatic rings. The average Bonchev–Trinajstić information content (AvgIpc) is 3.20. The molecule has 2 heterocycles. The highest BCUT2D eigenvalue weighted by atomic mass is 19.2. The van der Waals surface area contributed by atoms with Crippen LogP contribution in [0, 0.1) is 46.9 Å². The van der Waals surface area contributed by atoms with Crippen molar-refractivity contribution in [2.75, 3.05) is 7.05 Å². The van der Waals surface area contributed by atoms with Crippen LogP contribution in [-0.4, -0.2) is 11.9 Å². The van der Waals surface area contributed by atoms with Gasteiger partial charge in [0.15, 0.2) is 23.3 Å². The SMILES string of the molecule is CN1[C@@H]2c3c(F)c(F)c(F)c(F)c3[C@H]1[C@@H]1[C@@H]3CC[C@@H](C3)[C@@H]12. The van der Waals surface area contributed by atoms with Gasteiger partial charge in [0.1, 0.15) is 0 Å². The molecule has 1 aromatic carbocycles. The van der Waals surface area contributed by atoms with Crippen molar-refractivity contribution in [2.24, 2.45) is 23.7 Å². The van der Waals surface area contributed by atoms with Crippen LogP contribution in [0.5, 0.6) is 0 Å². The fourth-order valence-electron chi connectivity index (χ4n) is 6.07. The van der Waals surface area contributed by atoms with Crippen LogP contribution >= 0.6 is 0 Å². The summed E-state index contributed by atoms with van der Waals surface area (Å²) in [4.78, 5) is 1.95. The van der Waals surface area contributed by atoms with Crippen LogP contribution in [0.1, 0.15) is 42.5 Å². The molecule has 1 aromatic rings. The smallest absolute Gasteiger partial charge is 0.197 e. The first kappa shape index (κ1) is 12.4. The van der Waals surface area contributed by atoms with Crippen LogP contribution in [0.2, 0.25) is 0 Å². The van der Waals surface area contributed by atoms with E-state index in [1.165, 1.54) is 0 Å². The van der Waals surface area contributed by atoms with Crippen LogP contribution in [0.4, 0.5) is 17.6 Å². The van der Waals surface area contributed by atoms with Gasteiger partial charge in [0.25, 0.3) is 0 Å². The maximum Gasteiger partial charge on any atom is 0.197 e. The van der Waals surface area contributed by atoms with Crippen LogP contribution in [0.3, 0.4) is 0 Å². The molecule has 0 aromatic heterocycles. The number of halogens is 4. The summed E-state index contributed by atoms with van der Waals surface area (Å²) in [7, 11) is 1.84. The van der Waals surface area contributed by atoms with Crippen molar-refractivity contribution in [3.63, 3.8) is 0 Å². The molecule has 21 heavy (non-hydrogen) atoms. The molecule has 1 nitrogen and oxygen atoms in total. The molecule has 2 aliphatic carbocycles. The predicted octanol–water partition coefficient (Wildman–Crippen LogP) is 3.95. The van der Waals surface area contributed by atoms with Crippen molar-refractivity contribution >= 4 is 0 Å². The second-order valence-corrected chi connectivity index (χ2v) is 7.13. The van der Waals surface area contributed by atoms with E-state index in [-0.39, 0.29) is 35.0 Å². The lowest BCUT2D eigenvalue weighted by molar-refractivity contribution is 0.210. The molecule has 0 spiro atoms. The van der Waals surface area contributed by atoms with Gasteiger partial charge >= 0.3 is 0 Å². The van der Waals surface area contributed by atoms with E-state index in [2.05, 4.69) is 0 Å². The van der Waals surface area contributed by atoms with Gasteiger partial charge in [-0.2, -0.15) is 0 Å². The van der Waals surface area contributed by atoms with Crippen LogP contribution in [0.15, 0.2) is 0 Å². The topological polar surface area (TPSA) is 3.24 Å². The number of rotatable bonds is 0. The van der Waals surface area contributed by atoms with Crippen molar-refractivity contribution in [1.29, 1.82) is 0 Å². The first-order chi connectivity index (χ1) is 10.0. The van der Waals surface area contributed by atoms with Gasteiger partial charge in [0.05, 0.1) is 0 Å². The Morgan fingerprint density at radius 1 is 0.762 bits per heavy atom. The first-order valence-electron chi connectivity index (χ1n) is 7.60. The Kier molecular flexibility index (Phi) is 2.15. The minimum absolute atomic E-state index is 0.0905. The van der Waals surface area contributed by atoms with Gasteiger partial charge in [0, 0.05) is 23.2 Å². The third kappa shape index (κ3) is 1.17. The molecule has 0 unspecified atom stereocenters. The molecule has 112 valence electrons. The molecular weight excluding hydrogens is 282 g/mol. The monoisotopic (exact) mass is 297 g/mol. The van der Waals surface area contributed by atoms with Crippen molar-refractivity contribution < 1.29 is 17.6 Å². The molecule has 4 bridgehead atoms. The number of hydrogen-bond donors (Lipinski definition) is 0. The summed E-state index contributed by atoms with van der Waals surface area (Å²) >= 11 is 0. The highest BCUT2D eigenvalue weighted by Crippen LogP contribution is 2.71. The van der Waals surface area contributed by atoms with Crippen LogP contribution < -0.4 is 0 Å². The summed E-state index contributed by atoms with van der Waals surface area (Å²) in [5, 5.41) is 0. The minimum atomic E-state index is -1.66. The molecule has 0 N–H and O–H groups in total. The van der Waals surface area contributed by atoms with Gasteiger partial charge in [-0.1, -0.05) is 0 Å². The minimum Gasteiger partial charge on any atom is -0.292 e. The van der Waals surface area contributed by atoms with E-state index in [9.17, 15) is 17.6 Å². The highest BCUT2D eigenvalue weighted by molar-refractivity contribution is 5.46. The standard InChI is InChI=1S/C16H15F4N/c1-21-15-7-5-2-3-6(4-5)8(7)16(21)10-9(15)11(17)13(19)14(20)12(10)18/h5-8,15-16H,2-4H2,1H3/t5-,6+,7-,8+,15-,16+. The Bertz CT molecular complexity index is 618. The summed E-state index contributed by atoms with van der Waals surface area (Å²) in [6.45, 7) is 0. The van der Waals surface area contributed by atoms with E-state index in [0.717, 1.165) is 19.3 Å². The summed E-state index contributed by atoms with van der Waals surface area (Å²) in [5.41, 5.74) is 0.181. The molecule has 2 saturated carbocycles. The Labute approximate surface area is 119 Å². The Morgan fingerprint density at radius 3 is 1.62 bits per heavy atom. The predicted molar refractivity (Wildman–Crippen MR) is 67.3 cm³/mol. The number of hydrogen-bond acceptors (Lipinski definition) is 1. The van der Waals surface area contributed by atoms with Crippen molar-refractivity contribution in [2.45, 2.75) is 31.3 Å². The maximum absolute atomic E-state index is 14.3. The molecule has 6 atom stereocenters. The van der Waals surface area contributed by atoms with Gasteiger partial charge in [-0.05, 0) is 50.0 Å². The van der Waals surface area contributed by atoms with Crippen LogP contribution in [0.25, 0.3) is 0 Å². The lowest BCUT2D eigenvalue weighted by Crippen LogP contribution is -2.29. The summed E-state index contributed by atoms with van der Waals surface area (Å²) in [6, 6.07) is -0.565. The van der Waals surface area contributed by atoms with Crippen molar-refractivity contribution in [3.8, 4) is 0 Å². The first-order valence-corrected chi connectivity index (χ1v) is 7.60. The van der Waals surface area contributed by atoms with Gasteiger partial charge in [-0.15, -0.1) is 0 Å². The Hall–Kier alpha value is -1.10. The third-order valence-electron chi connectivity index (χ3n) is 6.59. The van der Waals surface area contributed by atoms with Crippen molar-refractivity contribution in [1.82, 2.24) is 4.90 Å². The molecule has 2 aliphatic heterocycles. The zero-order valence-electron chi connectivity index (χ0n) is 11.5. The fraction of sp³-hybridized carbons (Fsp3) is 0.625. The third-order valence-corrected chi connectivity index (χ3v) is 6.59. The molecular formula is C16H15F4N. The largest absolute Gasteiger partial charge is 0.292 e. The summed E-state index contributed by atoms with van der Waals surface area (Å²) in [6.07, 6.45) is 3.37. The zero-order chi connectivity index (χ0) is 14.6. The van der Waals surface area contributed by atoms with Crippen molar-refractivity contribution in [3.05, 3.63) is 34.4 Å². The van der Waals surface area contributed by atoms with Gasteiger partial charge < -0.3 is 0 Å². The summed E-state index contributed by atoms with van der Waals surface area (Å²) in [5.74, 6) is -4.05. The molecule has 0 amide bonds. The lowest BCUT2D eigenvalue weighted by atomic mass is 9.68. The lowest BCUT2D eigenvalue weighted by Gasteiger charge is -2.34. The normalized spacial score (nSPS) is 42.7. The van der Waals surface area contributed by atoms with E-state index in [1.54, 1.807) is 0 Å². The maximum atomic E-state index is 14.3. The second kappa shape index (κ2) is 3.62. The molecule has 1 saturated heterocycles. The van der Waals surface area contributed by atoms with E-state index >= 15 is 0 Å². The number of nitrogens with zero attached hydrogens (tertiary/aromatic N) is 1.